The highest BCUT2D eigenvalue weighted by Crippen LogP contribution is 2.32. The standard InChI is InChI=1S/C15H22N2/c1-17(11-12-6-7-12)15-5-3-2-4-13(15)10-16-14-8-9-14/h2-5,12,14,16H,6-11H2,1H3. The van der Waals surface area contributed by atoms with Gasteiger partial charge in [-0.1, -0.05) is 18.2 Å². The average Bonchev–Trinajstić information content (AvgIpc) is 3.21. The summed E-state index contributed by atoms with van der Waals surface area (Å²) < 4.78 is 0. The molecule has 0 amide bonds. The van der Waals surface area contributed by atoms with Crippen molar-refractivity contribution in [3.05, 3.63) is 29.8 Å². The zero-order valence-corrected chi connectivity index (χ0v) is 10.7. The number of nitrogens with zero attached hydrogens (tertiary/aromatic N) is 1. The molecule has 0 radical (unpaired) electrons. The molecule has 0 heterocycles. The summed E-state index contributed by atoms with van der Waals surface area (Å²) in [5.41, 5.74) is 2.86. The van der Waals surface area contributed by atoms with E-state index in [-0.39, 0.29) is 0 Å². The summed E-state index contributed by atoms with van der Waals surface area (Å²) in [6.07, 6.45) is 5.57. The fourth-order valence-electron chi connectivity index (χ4n) is 2.36. The van der Waals surface area contributed by atoms with Gasteiger partial charge in [-0.25, -0.2) is 0 Å². The Balaban J connectivity index is 1.66. The Hall–Kier alpha value is -1.02. The van der Waals surface area contributed by atoms with Gasteiger partial charge in [-0.2, -0.15) is 0 Å². The van der Waals surface area contributed by atoms with Crippen molar-refractivity contribution < 1.29 is 0 Å². The maximum atomic E-state index is 3.61. The molecular weight excluding hydrogens is 208 g/mol. The number of rotatable bonds is 6. The topological polar surface area (TPSA) is 15.3 Å². The summed E-state index contributed by atoms with van der Waals surface area (Å²) in [5, 5.41) is 3.61. The monoisotopic (exact) mass is 230 g/mol. The summed E-state index contributed by atoms with van der Waals surface area (Å²) in [4.78, 5) is 2.43. The third kappa shape index (κ3) is 3.01. The van der Waals surface area contributed by atoms with Gasteiger partial charge in [-0.05, 0) is 43.2 Å². The molecule has 0 saturated heterocycles. The van der Waals surface area contributed by atoms with E-state index in [2.05, 4.69) is 41.5 Å². The molecule has 0 aliphatic heterocycles. The van der Waals surface area contributed by atoms with Crippen molar-refractivity contribution in [2.75, 3.05) is 18.5 Å². The van der Waals surface area contributed by atoms with Crippen LogP contribution in [0.25, 0.3) is 0 Å². The lowest BCUT2D eigenvalue weighted by Crippen LogP contribution is -2.23. The second-order valence-electron chi connectivity index (χ2n) is 5.61. The van der Waals surface area contributed by atoms with E-state index in [9.17, 15) is 0 Å². The maximum absolute atomic E-state index is 3.61. The first kappa shape index (κ1) is 11.1. The molecule has 1 aromatic rings. The van der Waals surface area contributed by atoms with E-state index < -0.39 is 0 Å². The zero-order valence-electron chi connectivity index (χ0n) is 10.7. The average molecular weight is 230 g/mol. The van der Waals surface area contributed by atoms with Gasteiger partial charge in [0.1, 0.15) is 0 Å². The van der Waals surface area contributed by atoms with Gasteiger partial charge in [0.25, 0.3) is 0 Å². The van der Waals surface area contributed by atoms with Gasteiger partial charge in [-0.15, -0.1) is 0 Å². The van der Waals surface area contributed by atoms with Gasteiger partial charge >= 0.3 is 0 Å². The fraction of sp³-hybridized carbons (Fsp3) is 0.600. The first-order chi connectivity index (χ1) is 8.33. The van der Waals surface area contributed by atoms with Crippen LogP contribution in [-0.4, -0.2) is 19.6 Å². The van der Waals surface area contributed by atoms with Gasteiger partial charge in [0.2, 0.25) is 0 Å². The van der Waals surface area contributed by atoms with E-state index in [1.807, 2.05) is 0 Å². The molecule has 1 N–H and O–H groups in total. The second-order valence-corrected chi connectivity index (χ2v) is 5.61. The molecule has 2 aliphatic rings. The number of anilines is 1. The molecule has 2 aliphatic carbocycles. The summed E-state index contributed by atoms with van der Waals surface area (Å²) in [6, 6.07) is 9.61. The predicted octanol–water partition coefficient (Wildman–Crippen LogP) is 2.78. The van der Waals surface area contributed by atoms with E-state index in [4.69, 9.17) is 0 Å². The van der Waals surface area contributed by atoms with Crippen molar-refractivity contribution in [1.29, 1.82) is 0 Å². The van der Waals surface area contributed by atoms with Crippen LogP contribution in [0.5, 0.6) is 0 Å². The molecule has 1 aromatic carbocycles. The molecule has 2 nitrogen and oxygen atoms in total. The van der Waals surface area contributed by atoms with Crippen molar-refractivity contribution in [3.8, 4) is 0 Å². The van der Waals surface area contributed by atoms with E-state index in [1.165, 1.54) is 43.5 Å². The molecule has 0 spiro atoms. The lowest BCUT2D eigenvalue weighted by Gasteiger charge is -2.22. The molecule has 2 saturated carbocycles. The molecule has 0 unspecified atom stereocenters. The Morgan fingerprint density at radius 3 is 2.65 bits per heavy atom. The smallest absolute Gasteiger partial charge is 0.0409 e. The molecule has 0 aromatic heterocycles. The van der Waals surface area contributed by atoms with Crippen LogP contribution in [0.3, 0.4) is 0 Å². The van der Waals surface area contributed by atoms with Crippen molar-refractivity contribution in [2.24, 2.45) is 5.92 Å². The van der Waals surface area contributed by atoms with Gasteiger partial charge in [0.15, 0.2) is 0 Å². The third-order valence-electron chi connectivity index (χ3n) is 3.79. The molecule has 2 fully saturated rings. The Morgan fingerprint density at radius 1 is 1.18 bits per heavy atom. The summed E-state index contributed by atoms with van der Waals surface area (Å²) in [5.74, 6) is 0.949. The van der Waals surface area contributed by atoms with Gasteiger partial charge in [0, 0.05) is 31.9 Å². The van der Waals surface area contributed by atoms with Crippen LogP contribution in [0.4, 0.5) is 5.69 Å². The largest absolute Gasteiger partial charge is 0.374 e. The van der Waals surface area contributed by atoms with Gasteiger partial charge in [0.05, 0.1) is 0 Å². The summed E-state index contributed by atoms with van der Waals surface area (Å²) in [7, 11) is 2.23. The van der Waals surface area contributed by atoms with Gasteiger partial charge < -0.3 is 10.2 Å². The van der Waals surface area contributed by atoms with Crippen LogP contribution in [0, 0.1) is 5.92 Å². The van der Waals surface area contributed by atoms with Crippen LogP contribution in [0.1, 0.15) is 31.2 Å². The quantitative estimate of drug-likeness (QED) is 0.808. The highest BCUT2D eigenvalue weighted by Gasteiger charge is 2.24. The highest BCUT2D eigenvalue weighted by molar-refractivity contribution is 5.53. The van der Waals surface area contributed by atoms with Crippen molar-refractivity contribution in [2.45, 2.75) is 38.3 Å². The fourth-order valence-corrected chi connectivity index (χ4v) is 2.36. The van der Waals surface area contributed by atoms with Crippen molar-refractivity contribution in [1.82, 2.24) is 5.32 Å². The number of hydrogen-bond donors (Lipinski definition) is 1. The Morgan fingerprint density at radius 2 is 1.94 bits per heavy atom. The van der Waals surface area contributed by atoms with Crippen molar-refractivity contribution in [3.63, 3.8) is 0 Å². The molecular formula is C15H22N2. The molecule has 2 heteroatoms. The summed E-state index contributed by atoms with van der Waals surface area (Å²) in [6.45, 7) is 2.25. The van der Waals surface area contributed by atoms with Crippen LogP contribution < -0.4 is 10.2 Å². The minimum absolute atomic E-state index is 0.789. The normalized spacial score (nSPS) is 19.4. The molecule has 0 bridgehead atoms. The van der Waals surface area contributed by atoms with Crippen LogP contribution in [0.2, 0.25) is 0 Å². The SMILES string of the molecule is CN(CC1CC1)c1ccccc1CNC1CC1. The second kappa shape index (κ2) is 4.69. The zero-order chi connectivity index (χ0) is 11.7. The molecule has 0 atom stereocenters. The van der Waals surface area contributed by atoms with E-state index in [0.29, 0.717) is 0 Å². The lowest BCUT2D eigenvalue weighted by molar-refractivity contribution is 0.683. The molecule has 92 valence electrons. The Labute approximate surface area is 104 Å². The maximum Gasteiger partial charge on any atom is 0.0409 e. The van der Waals surface area contributed by atoms with Crippen molar-refractivity contribution >= 4 is 5.69 Å². The molecule has 17 heavy (non-hydrogen) atoms. The highest BCUT2D eigenvalue weighted by atomic mass is 15.1. The third-order valence-corrected chi connectivity index (χ3v) is 3.79. The first-order valence-electron chi connectivity index (χ1n) is 6.85. The predicted molar refractivity (Wildman–Crippen MR) is 72.3 cm³/mol. The van der Waals surface area contributed by atoms with Crippen LogP contribution >= 0.6 is 0 Å². The Bertz CT molecular complexity index is 380. The minimum atomic E-state index is 0.789. The van der Waals surface area contributed by atoms with E-state index in [1.54, 1.807) is 0 Å². The minimum Gasteiger partial charge on any atom is -0.374 e. The molecule has 3 rings (SSSR count). The summed E-state index contributed by atoms with van der Waals surface area (Å²) >= 11 is 0. The Kier molecular flexibility index (Phi) is 3.06. The van der Waals surface area contributed by atoms with Gasteiger partial charge in [-0.3, -0.25) is 0 Å². The number of nitrogens with one attached hydrogen (secondary N) is 1. The first-order valence-corrected chi connectivity index (χ1v) is 6.85. The van der Waals surface area contributed by atoms with E-state index >= 15 is 0 Å². The van der Waals surface area contributed by atoms with E-state index in [0.717, 1.165) is 18.5 Å². The van der Waals surface area contributed by atoms with Crippen LogP contribution in [-0.2, 0) is 6.54 Å². The number of benzene rings is 1. The lowest BCUT2D eigenvalue weighted by atomic mass is 10.1. The number of hydrogen-bond acceptors (Lipinski definition) is 2. The number of para-hydroxylation sites is 1. The van der Waals surface area contributed by atoms with Crippen LogP contribution in [0.15, 0.2) is 24.3 Å².